The summed E-state index contributed by atoms with van der Waals surface area (Å²) in [5.41, 5.74) is -0.974. The van der Waals surface area contributed by atoms with Crippen LogP contribution in [-0.4, -0.2) is 23.3 Å². The molecule has 0 aromatic heterocycles. The SMILES string of the molecule is CC(C)(C)OC(=O)[C@]1([C@H](CC(=O)c2ccccc2)c2cccc(Cl)c2)OC(=O)c2ccccc21. The number of Topliss-reactive ketones (excluding diaryl/α,β-unsaturated/α-hetero) is 1. The average molecular weight is 477 g/mol. The summed E-state index contributed by atoms with van der Waals surface area (Å²) in [6, 6.07) is 22.4. The van der Waals surface area contributed by atoms with Crippen molar-refractivity contribution in [3.8, 4) is 0 Å². The van der Waals surface area contributed by atoms with Crippen molar-refractivity contribution in [2.75, 3.05) is 0 Å². The average Bonchev–Trinajstić information content (AvgIpc) is 3.10. The molecule has 0 radical (unpaired) electrons. The van der Waals surface area contributed by atoms with Gasteiger partial charge in [-0.2, -0.15) is 0 Å². The number of ketones is 1. The minimum absolute atomic E-state index is 0.106. The van der Waals surface area contributed by atoms with E-state index in [9.17, 15) is 14.4 Å². The molecule has 34 heavy (non-hydrogen) atoms. The third-order valence-corrected chi connectivity index (χ3v) is 5.97. The topological polar surface area (TPSA) is 69.7 Å². The van der Waals surface area contributed by atoms with Crippen LogP contribution >= 0.6 is 11.6 Å². The van der Waals surface area contributed by atoms with Gasteiger partial charge in [0.2, 0.25) is 5.60 Å². The molecule has 0 N–H and O–H groups in total. The third kappa shape index (κ3) is 4.48. The van der Waals surface area contributed by atoms with Gasteiger partial charge in [0.25, 0.3) is 0 Å². The fourth-order valence-corrected chi connectivity index (χ4v) is 4.49. The summed E-state index contributed by atoms with van der Waals surface area (Å²) in [6.45, 7) is 5.22. The molecule has 174 valence electrons. The molecule has 0 amide bonds. The highest BCUT2D eigenvalue weighted by Crippen LogP contribution is 2.50. The summed E-state index contributed by atoms with van der Waals surface area (Å²) in [7, 11) is 0. The highest BCUT2D eigenvalue weighted by atomic mass is 35.5. The van der Waals surface area contributed by atoms with E-state index in [2.05, 4.69) is 0 Å². The first-order valence-electron chi connectivity index (χ1n) is 11.0. The maximum atomic E-state index is 13.9. The molecule has 1 aliphatic heterocycles. The van der Waals surface area contributed by atoms with E-state index in [1.807, 2.05) is 6.07 Å². The summed E-state index contributed by atoms with van der Waals surface area (Å²) in [5, 5.41) is 0.437. The largest absolute Gasteiger partial charge is 0.457 e. The van der Waals surface area contributed by atoms with Crippen LogP contribution in [0.1, 0.15) is 65.0 Å². The van der Waals surface area contributed by atoms with Crippen LogP contribution in [0, 0.1) is 0 Å². The fourth-order valence-electron chi connectivity index (χ4n) is 4.29. The standard InChI is InChI=1S/C28H25ClO5/c1-27(2,3)34-26(32)28(22-15-8-7-14-21(22)25(31)33-28)23(19-12-9-13-20(29)16-19)17-24(30)18-10-5-4-6-11-18/h4-16,23H,17H2,1-3H3/t23-,28+/m1/s1. The van der Waals surface area contributed by atoms with Gasteiger partial charge in [0.15, 0.2) is 5.78 Å². The van der Waals surface area contributed by atoms with Crippen LogP contribution in [0.3, 0.4) is 0 Å². The summed E-state index contributed by atoms with van der Waals surface area (Å²) in [4.78, 5) is 40.2. The predicted molar refractivity (Wildman–Crippen MR) is 129 cm³/mol. The molecule has 0 aliphatic carbocycles. The first kappa shape index (κ1) is 23.7. The molecule has 1 heterocycles. The van der Waals surface area contributed by atoms with Gasteiger partial charge in [0.05, 0.1) is 5.56 Å². The zero-order valence-electron chi connectivity index (χ0n) is 19.2. The highest BCUT2D eigenvalue weighted by molar-refractivity contribution is 6.30. The van der Waals surface area contributed by atoms with E-state index in [1.54, 1.807) is 93.6 Å². The normalized spacial score (nSPS) is 18.1. The molecule has 3 aromatic carbocycles. The Kier molecular flexibility index (Phi) is 6.32. The van der Waals surface area contributed by atoms with Gasteiger partial charge in [-0.25, -0.2) is 9.59 Å². The van der Waals surface area contributed by atoms with E-state index in [0.29, 0.717) is 21.7 Å². The van der Waals surface area contributed by atoms with E-state index >= 15 is 0 Å². The van der Waals surface area contributed by atoms with Crippen molar-refractivity contribution in [2.45, 2.75) is 44.3 Å². The van der Waals surface area contributed by atoms with Gasteiger partial charge in [-0.1, -0.05) is 72.3 Å². The summed E-state index contributed by atoms with van der Waals surface area (Å²) in [5.74, 6) is -2.44. The van der Waals surface area contributed by atoms with Gasteiger partial charge in [-0.3, -0.25) is 4.79 Å². The molecule has 0 saturated carbocycles. The van der Waals surface area contributed by atoms with E-state index in [1.165, 1.54) is 0 Å². The van der Waals surface area contributed by atoms with E-state index in [4.69, 9.17) is 21.1 Å². The number of esters is 2. The molecular formula is C28H25ClO5. The Labute approximate surface area is 203 Å². The quantitative estimate of drug-likeness (QED) is 0.317. The van der Waals surface area contributed by atoms with Crippen LogP contribution in [0.2, 0.25) is 5.02 Å². The number of rotatable bonds is 6. The van der Waals surface area contributed by atoms with Gasteiger partial charge in [0, 0.05) is 28.5 Å². The maximum Gasteiger partial charge on any atom is 0.356 e. The molecule has 0 saturated heterocycles. The molecule has 5 nitrogen and oxygen atoms in total. The fraction of sp³-hybridized carbons (Fsp3) is 0.250. The predicted octanol–water partition coefficient (Wildman–Crippen LogP) is 6.10. The zero-order chi connectivity index (χ0) is 24.5. The van der Waals surface area contributed by atoms with Gasteiger partial charge in [-0.05, 0) is 44.5 Å². The second kappa shape index (κ2) is 9.07. The zero-order valence-corrected chi connectivity index (χ0v) is 20.0. The molecule has 0 unspecified atom stereocenters. The smallest absolute Gasteiger partial charge is 0.356 e. The first-order chi connectivity index (χ1) is 16.1. The number of ether oxygens (including phenoxy) is 2. The Balaban J connectivity index is 1.93. The molecule has 3 aromatic rings. The van der Waals surface area contributed by atoms with Crippen LogP contribution < -0.4 is 0 Å². The molecule has 0 bridgehead atoms. The second-order valence-corrected chi connectivity index (χ2v) is 9.71. The molecule has 0 fully saturated rings. The third-order valence-electron chi connectivity index (χ3n) is 5.73. The Morgan fingerprint density at radius 1 is 0.971 bits per heavy atom. The minimum atomic E-state index is -1.85. The van der Waals surface area contributed by atoms with Crippen molar-refractivity contribution in [1.82, 2.24) is 0 Å². The minimum Gasteiger partial charge on any atom is -0.457 e. The van der Waals surface area contributed by atoms with E-state index in [0.717, 1.165) is 0 Å². The summed E-state index contributed by atoms with van der Waals surface area (Å²) in [6.07, 6.45) is -0.106. The van der Waals surface area contributed by atoms with Crippen LogP contribution in [0.4, 0.5) is 0 Å². The molecular weight excluding hydrogens is 452 g/mol. The van der Waals surface area contributed by atoms with Crippen molar-refractivity contribution in [2.24, 2.45) is 0 Å². The van der Waals surface area contributed by atoms with Gasteiger partial charge < -0.3 is 9.47 Å². The molecule has 2 atom stereocenters. The first-order valence-corrected chi connectivity index (χ1v) is 11.4. The molecule has 1 aliphatic rings. The Hall–Kier alpha value is -3.44. The van der Waals surface area contributed by atoms with E-state index < -0.39 is 29.1 Å². The Bertz CT molecular complexity index is 1240. The number of hydrogen-bond donors (Lipinski definition) is 0. The number of cyclic esters (lactones) is 1. The number of halogens is 1. The van der Waals surface area contributed by atoms with Crippen LogP contribution in [0.15, 0.2) is 78.9 Å². The lowest BCUT2D eigenvalue weighted by atomic mass is 9.74. The number of carbonyl (C=O) groups excluding carboxylic acids is 3. The van der Waals surface area contributed by atoms with Gasteiger partial charge in [-0.15, -0.1) is 0 Å². The lowest BCUT2D eigenvalue weighted by molar-refractivity contribution is -0.180. The Morgan fingerprint density at radius 2 is 1.65 bits per heavy atom. The van der Waals surface area contributed by atoms with Gasteiger partial charge >= 0.3 is 11.9 Å². The monoisotopic (exact) mass is 476 g/mol. The number of benzene rings is 3. The van der Waals surface area contributed by atoms with Crippen molar-refractivity contribution in [3.05, 3.63) is 106 Å². The maximum absolute atomic E-state index is 13.9. The number of hydrogen-bond acceptors (Lipinski definition) is 5. The summed E-state index contributed by atoms with van der Waals surface area (Å²) >= 11 is 6.30. The second-order valence-electron chi connectivity index (χ2n) is 9.27. The lowest BCUT2D eigenvalue weighted by Crippen LogP contribution is -2.46. The van der Waals surface area contributed by atoms with Crippen molar-refractivity contribution in [1.29, 1.82) is 0 Å². The van der Waals surface area contributed by atoms with Gasteiger partial charge in [0.1, 0.15) is 5.60 Å². The summed E-state index contributed by atoms with van der Waals surface area (Å²) < 4.78 is 11.7. The highest BCUT2D eigenvalue weighted by Gasteiger charge is 2.59. The molecule has 4 rings (SSSR count). The lowest BCUT2D eigenvalue weighted by Gasteiger charge is -2.37. The van der Waals surface area contributed by atoms with Crippen molar-refractivity contribution >= 4 is 29.3 Å². The number of fused-ring (bicyclic) bond motifs is 1. The van der Waals surface area contributed by atoms with Crippen molar-refractivity contribution < 1.29 is 23.9 Å². The van der Waals surface area contributed by atoms with E-state index in [-0.39, 0.29) is 17.8 Å². The van der Waals surface area contributed by atoms with Crippen LogP contribution in [0.5, 0.6) is 0 Å². The van der Waals surface area contributed by atoms with Crippen LogP contribution in [0.25, 0.3) is 0 Å². The molecule has 6 heteroatoms. The Morgan fingerprint density at radius 3 is 2.32 bits per heavy atom. The van der Waals surface area contributed by atoms with Crippen molar-refractivity contribution in [3.63, 3.8) is 0 Å². The van der Waals surface area contributed by atoms with Crippen LogP contribution in [-0.2, 0) is 19.9 Å². The number of carbonyl (C=O) groups is 3. The molecule has 0 spiro atoms.